The molecule has 0 amide bonds. The number of nitrogens with zero attached hydrogens (tertiary/aromatic N) is 2. The second kappa shape index (κ2) is 7.12. The highest BCUT2D eigenvalue weighted by Crippen LogP contribution is 2.49. The summed E-state index contributed by atoms with van der Waals surface area (Å²) in [5.41, 5.74) is 6.06. The van der Waals surface area contributed by atoms with Crippen LogP contribution in [0.1, 0.15) is 0 Å². The lowest BCUT2D eigenvalue weighted by molar-refractivity contribution is 0.414. The van der Waals surface area contributed by atoms with E-state index in [9.17, 15) is 0 Å². The number of benzene rings is 2. The normalized spacial score (nSPS) is 11.9. The van der Waals surface area contributed by atoms with Gasteiger partial charge in [-0.15, -0.1) is 34.0 Å². The first-order valence-corrected chi connectivity index (χ1v) is 13.1. The number of fused-ring (bicyclic) bond motifs is 7. The van der Waals surface area contributed by atoms with E-state index in [1.54, 1.807) is 25.6 Å². The summed E-state index contributed by atoms with van der Waals surface area (Å²) in [4.78, 5) is 1.27. The molecule has 0 N–H and O–H groups in total. The number of aromatic nitrogens is 2. The Bertz CT molecular complexity index is 1650. The first-order valence-electron chi connectivity index (χ1n) is 10.5. The van der Waals surface area contributed by atoms with Crippen molar-refractivity contribution in [2.24, 2.45) is 0 Å². The van der Waals surface area contributed by atoms with Crippen LogP contribution < -0.4 is 9.47 Å². The van der Waals surface area contributed by atoms with Crippen molar-refractivity contribution in [2.45, 2.75) is 0 Å². The first-order chi connectivity index (χ1) is 16.3. The Morgan fingerprint density at radius 1 is 0.606 bits per heavy atom. The molecular weight excluding hydrogens is 468 g/mol. The molecule has 0 saturated heterocycles. The molecule has 5 heterocycles. The molecule has 4 nitrogen and oxygen atoms in total. The summed E-state index contributed by atoms with van der Waals surface area (Å²) >= 11 is 5.51. The summed E-state index contributed by atoms with van der Waals surface area (Å²) < 4.78 is 19.7. The third-order valence-corrected chi connectivity index (χ3v) is 9.32. The summed E-state index contributed by atoms with van der Waals surface area (Å²) in [7, 11) is 3.41. The van der Waals surface area contributed by atoms with Crippen LogP contribution in [0.3, 0.4) is 0 Å². The zero-order valence-corrected chi connectivity index (χ0v) is 20.3. The number of methoxy groups -OCH3 is 2. The van der Waals surface area contributed by atoms with Crippen molar-refractivity contribution >= 4 is 74.9 Å². The minimum absolute atomic E-state index is 0.862. The lowest BCUT2D eigenvalue weighted by Gasteiger charge is -2.11. The summed E-state index contributed by atoms with van der Waals surface area (Å²) in [5, 5.41) is 5.69. The second-order valence-electron chi connectivity index (χ2n) is 7.80. The average Bonchev–Trinajstić information content (AvgIpc) is 3.64. The molecule has 0 saturated carbocycles. The predicted octanol–water partition coefficient (Wildman–Crippen LogP) is 8.08. The van der Waals surface area contributed by atoms with Crippen LogP contribution in [0.15, 0.2) is 71.4 Å². The molecular formula is C26H18N2O2S3. The molecule has 2 aromatic carbocycles. The van der Waals surface area contributed by atoms with Crippen molar-refractivity contribution in [1.82, 2.24) is 9.13 Å². The van der Waals surface area contributed by atoms with Gasteiger partial charge in [0.25, 0.3) is 0 Å². The maximum absolute atomic E-state index is 5.41. The van der Waals surface area contributed by atoms with Crippen LogP contribution in [-0.4, -0.2) is 23.4 Å². The van der Waals surface area contributed by atoms with E-state index in [2.05, 4.69) is 56.3 Å². The van der Waals surface area contributed by atoms with E-state index in [1.807, 2.05) is 46.9 Å². The summed E-state index contributed by atoms with van der Waals surface area (Å²) in [6, 6.07) is 21.2. The fourth-order valence-electron chi connectivity index (χ4n) is 4.66. The van der Waals surface area contributed by atoms with Gasteiger partial charge in [-0.05, 0) is 71.4 Å². The molecule has 0 unspecified atom stereocenters. The predicted molar refractivity (Wildman–Crippen MR) is 142 cm³/mol. The maximum atomic E-state index is 5.41. The highest BCUT2D eigenvalue weighted by atomic mass is 32.1. The van der Waals surface area contributed by atoms with Crippen LogP contribution in [0.4, 0.5) is 0 Å². The summed E-state index contributed by atoms with van der Waals surface area (Å²) in [6.07, 6.45) is 0. The van der Waals surface area contributed by atoms with Gasteiger partial charge in [-0.2, -0.15) is 0 Å². The Hall–Kier alpha value is -3.26. The van der Waals surface area contributed by atoms with E-state index < -0.39 is 0 Å². The number of hydrogen-bond acceptors (Lipinski definition) is 5. The third kappa shape index (κ3) is 2.61. The Morgan fingerprint density at radius 3 is 1.88 bits per heavy atom. The molecule has 0 radical (unpaired) electrons. The first kappa shape index (κ1) is 19.2. The SMILES string of the molecule is COc1ccc(-n2c3ccsc3c3sc4c5ccsc5n(-c5ccc(OC)cc5)c4c32)cc1. The Morgan fingerprint density at radius 2 is 1.21 bits per heavy atom. The molecule has 0 spiro atoms. The van der Waals surface area contributed by atoms with E-state index in [1.165, 1.54) is 40.9 Å². The van der Waals surface area contributed by atoms with Crippen LogP contribution in [0, 0.1) is 0 Å². The van der Waals surface area contributed by atoms with Crippen molar-refractivity contribution in [2.75, 3.05) is 14.2 Å². The van der Waals surface area contributed by atoms with Gasteiger partial charge < -0.3 is 14.0 Å². The van der Waals surface area contributed by atoms with Crippen molar-refractivity contribution in [3.63, 3.8) is 0 Å². The van der Waals surface area contributed by atoms with Gasteiger partial charge in [0.15, 0.2) is 0 Å². The fraction of sp³-hybridized carbons (Fsp3) is 0.0769. The number of rotatable bonds is 4. The molecule has 5 aromatic heterocycles. The molecule has 0 fully saturated rings. The van der Waals surface area contributed by atoms with Gasteiger partial charge in [-0.25, -0.2) is 0 Å². The van der Waals surface area contributed by atoms with Crippen molar-refractivity contribution in [3.05, 3.63) is 71.4 Å². The molecule has 0 bridgehead atoms. The van der Waals surface area contributed by atoms with Crippen LogP contribution in [0.2, 0.25) is 0 Å². The molecule has 0 aliphatic heterocycles. The molecule has 7 rings (SSSR count). The smallest absolute Gasteiger partial charge is 0.119 e. The number of hydrogen-bond donors (Lipinski definition) is 0. The van der Waals surface area contributed by atoms with Gasteiger partial charge in [-0.3, -0.25) is 4.57 Å². The quantitative estimate of drug-likeness (QED) is 0.251. The zero-order chi connectivity index (χ0) is 22.1. The highest BCUT2D eigenvalue weighted by Gasteiger charge is 2.25. The van der Waals surface area contributed by atoms with Gasteiger partial charge in [0.05, 0.1) is 44.9 Å². The maximum Gasteiger partial charge on any atom is 0.119 e. The van der Waals surface area contributed by atoms with E-state index >= 15 is 0 Å². The molecule has 33 heavy (non-hydrogen) atoms. The minimum atomic E-state index is 0.862. The standard InChI is InChI=1S/C26H18N2O2S3/c1-29-17-7-3-15(4-8-17)27-20-12-14-31-24(20)25-22(27)21-23(33-25)19-11-13-32-26(19)28(21)16-5-9-18(30-2)10-6-16/h3-14H,1-2H3. The van der Waals surface area contributed by atoms with Crippen molar-refractivity contribution < 1.29 is 9.47 Å². The lowest BCUT2D eigenvalue weighted by atomic mass is 10.2. The molecule has 0 aliphatic rings. The zero-order valence-electron chi connectivity index (χ0n) is 17.9. The van der Waals surface area contributed by atoms with E-state index in [4.69, 9.17) is 9.47 Å². The number of ether oxygens (including phenoxy) is 2. The van der Waals surface area contributed by atoms with Gasteiger partial charge in [0, 0.05) is 16.8 Å². The van der Waals surface area contributed by atoms with Crippen LogP contribution in [0.25, 0.3) is 52.2 Å². The minimum Gasteiger partial charge on any atom is -0.497 e. The van der Waals surface area contributed by atoms with E-state index in [-0.39, 0.29) is 0 Å². The molecule has 0 aliphatic carbocycles. The van der Waals surface area contributed by atoms with E-state index in [0.29, 0.717) is 0 Å². The molecule has 0 atom stereocenters. The molecule has 7 heteroatoms. The fourth-order valence-corrected chi connectivity index (χ4v) is 7.99. The largest absolute Gasteiger partial charge is 0.497 e. The Labute approximate surface area is 201 Å². The third-order valence-electron chi connectivity index (χ3n) is 6.15. The Kier molecular flexibility index (Phi) is 4.15. The monoisotopic (exact) mass is 486 g/mol. The molecule has 162 valence electrons. The summed E-state index contributed by atoms with van der Waals surface area (Å²) in [5.74, 6) is 1.73. The van der Waals surface area contributed by atoms with Crippen molar-refractivity contribution in [1.29, 1.82) is 0 Å². The van der Waals surface area contributed by atoms with Gasteiger partial charge in [-0.1, -0.05) is 0 Å². The average molecular weight is 487 g/mol. The van der Waals surface area contributed by atoms with Crippen LogP contribution >= 0.6 is 34.0 Å². The van der Waals surface area contributed by atoms with Gasteiger partial charge in [0.2, 0.25) is 0 Å². The van der Waals surface area contributed by atoms with Crippen LogP contribution in [-0.2, 0) is 0 Å². The van der Waals surface area contributed by atoms with E-state index in [0.717, 1.165) is 22.9 Å². The van der Waals surface area contributed by atoms with Crippen LogP contribution in [0.5, 0.6) is 11.5 Å². The number of thiophene rings is 3. The molecule has 7 aromatic rings. The lowest BCUT2D eigenvalue weighted by Crippen LogP contribution is -1.97. The van der Waals surface area contributed by atoms with Gasteiger partial charge in [0.1, 0.15) is 16.3 Å². The Balaban J connectivity index is 1.64. The second-order valence-corrected chi connectivity index (χ2v) is 10.6. The van der Waals surface area contributed by atoms with Gasteiger partial charge >= 0.3 is 0 Å². The summed E-state index contributed by atoms with van der Waals surface area (Å²) in [6.45, 7) is 0. The van der Waals surface area contributed by atoms with Crippen molar-refractivity contribution in [3.8, 4) is 22.9 Å². The highest BCUT2D eigenvalue weighted by molar-refractivity contribution is 7.32. The topological polar surface area (TPSA) is 28.3 Å².